The maximum absolute atomic E-state index is 10.6. The second-order valence-corrected chi connectivity index (χ2v) is 10.5. The molecule has 140 valence electrons. The van der Waals surface area contributed by atoms with Crippen LogP contribution >= 0.6 is 18.2 Å². The van der Waals surface area contributed by atoms with Crippen LogP contribution < -0.4 is 0 Å². The maximum Gasteiger partial charge on any atom is 0.383 e. The number of hydrogen-bond acceptors (Lipinski definition) is 2. The van der Waals surface area contributed by atoms with E-state index in [1.165, 1.54) is 89.9 Å². The standard InChI is InChI=1S/C18H39O3PS/c1-2-3-4-5-6-7-8-9-10-11-12-13-14-15-16-17-18-23-22(19,20)21/h2-18H2,1H3,(H2,19,20,21). The van der Waals surface area contributed by atoms with E-state index in [9.17, 15) is 4.57 Å². The summed E-state index contributed by atoms with van der Waals surface area (Å²) >= 11 is 0.787. The van der Waals surface area contributed by atoms with Crippen molar-refractivity contribution in [3.63, 3.8) is 0 Å². The average molecular weight is 367 g/mol. The van der Waals surface area contributed by atoms with Crippen molar-refractivity contribution >= 4 is 18.2 Å². The van der Waals surface area contributed by atoms with Crippen LogP contribution in [0.25, 0.3) is 0 Å². The first kappa shape index (κ1) is 23.5. The normalized spacial score (nSPS) is 12.0. The molecule has 23 heavy (non-hydrogen) atoms. The molecular formula is C18H39O3PS. The summed E-state index contributed by atoms with van der Waals surface area (Å²) in [6.45, 7) is -1.57. The van der Waals surface area contributed by atoms with Crippen molar-refractivity contribution in [3.05, 3.63) is 0 Å². The summed E-state index contributed by atoms with van der Waals surface area (Å²) in [6, 6.07) is 0. The molecule has 0 aliphatic rings. The summed E-state index contributed by atoms with van der Waals surface area (Å²) < 4.78 is 10.6. The van der Waals surface area contributed by atoms with Crippen LogP contribution in [0.15, 0.2) is 0 Å². The first-order valence-corrected chi connectivity index (χ1v) is 13.0. The van der Waals surface area contributed by atoms with Crippen LogP contribution in [0.4, 0.5) is 0 Å². The van der Waals surface area contributed by atoms with Crippen molar-refractivity contribution in [3.8, 4) is 0 Å². The zero-order chi connectivity index (χ0) is 17.2. The highest BCUT2D eigenvalue weighted by Crippen LogP contribution is 2.50. The van der Waals surface area contributed by atoms with Gasteiger partial charge in [-0.05, 0) is 17.8 Å². The summed E-state index contributed by atoms with van der Waals surface area (Å²) in [5, 5.41) is 0. The molecule has 0 bridgehead atoms. The highest BCUT2D eigenvalue weighted by Gasteiger charge is 2.11. The largest absolute Gasteiger partial charge is 0.383 e. The van der Waals surface area contributed by atoms with Gasteiger partial charge in [0, 0.05) is 5.75 Å². The molecule has 5 heteroatoms. The van der Waals surface area contributed by atoms with Gasteiger partial charge in [-0.25, -0.2) is 4.57 Å². The molecule has 0 fully saturated rings. The van der Waals surface area contributed by atoms with E-state index in [1.54, 1.807) is 0 Å². The third-order valence-electron chi connectivity index (χ3n) is 4.26. The van der Waals surface area contributed by atoms with Gasteiger partial charge in [0.25, 0.3) is 0 Å². The van der Waals surface area contributed by atoms with Crippen LogP contribution in [0.2, 0.25) is 0 Å². The number of unbranched alkanes of at least 4 members (excludes halogenated alkanes) is 15. The zero-order valence-corrected chi connectivity index (χ0v) is 16.9. The van der Waals surface area contributed by atoms with Crippen LogP contribution in [0, 0.1) is 0 Å². The second-order valence-electron chi connectivity index (χ2n) is 6.63. The van der Waals surface area contributed by atoms with Gasteiger partial charge in [-0.2, -0.15) is 0 Å². The third-order valence-corrected chi connectivity index (χ3v) is 6.62. The van der Waals surface area contributed by atoms with E-state index in [4.69, 9.17) is 9.79 Å². The van der Waals surface area contributed by atoms with E-state index in [0.717, 1.165) is 24.2 Å². The van der Waals surface area contributed by atoms with Gasteiger partial charge in [0.15, 0.2) is 0 Å². The van der Waals surface area contributed by atoms with E-state index in [1.807, 2.05) is 0 Å². The lowest BCUT2D eigenvalue weighted by atomic mass is 10.0. The van der Waals surface area contributed by atoms with Crippen molar-refractivity contribution < 1.29 is 14.4 Å². The summed E-state index contributed by atoms with van der Waals surface area (Å²) in [7, 11) is 0. The fourth-order valence-corrected chi connectivity index (χ4v) is 4.51. The maximum atomic E-state index is 10.6. The first-order chi connectivity index (χ1) is 11.1. The van der Waals surface area contributed by atoms with Crippen LogP contribution in [0.3, 0.4) is 0 Å². The molecule has 0 aromatic heterocycles. The molecule has 3 nitrogen and oxygen atoms in total. The molecule has 0 radical (unpaired) electrons. The fourth-order valence-electron chi connectivity index (χ4n) is 2.83. The Morgan fingerprint density at radius 3 is 1.22 bits per heavy atom. The highest BCUT2D eigenvalue weighted by atomic mass is 32.7. The molecule has 0 amide bonds. The van der Waals surface area contributed by atoms with Crippen molar-refractivity contribution in [1.29, 1.82) is 0 Å². The molecule has 0 aliphatic heterocycles. The molecular weight excluding hydrogens is 327 g/mol. The Morgan fingerprint density at radius 1 is 0.609 bits per heavy atom. The molecule has 0 saturated heterocycles. The van der Waals surface area contributed by atoms with Gasteiger partial charge < -0.3 is 9.79 Å². The number of hydrogen-bond donors (Lipinski definition) is 2. The average Bonchev–Trinajstić information content (AvgIpc) is 2.49. The Kier molecular flexibility index (Phi) is 17.7. The zero-order valence-electron chi connectivity index (χ0n) is 15.2. The number of rotatable bonds is 18. The Hall–Kier alpha value is 0.500. The Balaban J connectivity index is 3.01. The molecule has 0 rings (SSSR count). The monoisotopic (exact) mass is 366 g/mol. The van der Waals surface area contributed by atoms with Gasteiger partial charge in [0.05, 0.1) is 0 Å². The second kappa shape index (κ2) is 17.3. The van der Waals surface area contributed by atoms with Gasteiger partial charge in [-0.1, -0.05) is 103 Å². The predicted molar refractivity (Wildman–Crippen MR) is 104 cm³/mol. The predicted octanol–water partition coefficient (Wildman–Crippen LogP) is 7.07. The molecule has 0 spiro atoms. The van der Waals surface area contributed by atoms with Gasteiger partial charge in [-0.3, -0.25) is 0 Å². The lowest BCUT2D eigenvalue weighted by molar-refractivity contribution is 0.397. The first-order valence-electron chi connectivity index (χ1n) is 9.76. The fraction of sp³-hybridized carbons (Fsp3) is 1.00. The Labute approximate surface area is 148 Å². The Morgan fingerprint density at radius 2 is 0.913 bits per heavy atom. The minimum Gasteiger partial charge on any atom is -0.317 e. The molecule has 0 aliphatic carbocycles. The van der Waals surface area contributed by atoms with Crippen molar-refractivity contribution in [2.75, 3.05) is 5.75 Å². The Bertz CT molecular complexity index is 281. The minimum absolute atomic E-state index is 0.586. The van der Waals surface area contributed by atoms with Crippen LogP contribution in [0.5, 0.6) is 0 Å². The van der Waals surface area contributed by atoms with E-state index in [-0.39, 0.29) is 0 Å². The molecule has 0 aromatic carbocycles. The van der Waals surface area contributed by atoms with E-state index >= 15 is 0 Å². The lowest BCUT2D eigenvalue weighted by Gasteiger charge is -2.04. The van der Waals surface area contributed by atoms with E-state index < -0.39 is 6.80 Å². The molecule has 0 heterocycles. The molecule has 2 N–H and O–H groups in total. The van der Waals surface area contributed by atoms with Gasteiger partial charge in [0.1, 0.15) is 0 Å². The van der Waals surface area contributed by atoms with Gasteiger partial charge in [0.2, 0.25) is 0 Å². The van der Waals surface area contributed by atoms with Crippen molar-refractivity contribution in [2.24, 2.45) is 0 Å². The van der Waals surface area contributed by atoms with Crippen LogP contribution in [0.1, 0.15) is 110 Å². The smallest absolute Gasteiger partial charge is 0.317 e. The summed E-state index contributed by atoms with van der Waals surface area (Å²) in [5.41, 5.74) is 0. The SMILES string of the molecule is CCCCCCCCCCCCCCCCCCSP(=O)(O)O. The lowest BCUT2D eigenvalue weighted by Crippen LogP contribution is -1.84. The third kappa shape index (κ3) is 22.5. The van der Waals surface area contributed by atoms with Crippen molar-refractivity contribution in [2.45, 2.75) is 110 Å². The molecule has 0 saturated carbocycles. The van der Waals surface area contributed by atoms with Crippen LogP contribution in [-0.4, -0.2) is 15.5 Å². The van der Waals surface area contributed by atoms with Crippen molar-refractivity contribution in [1.82, 2.24) is 0 Å². The summed E-state index contributed by atoms with van der Waals surface area (Å²) in [6.07, 6.45) is 21.3. The summed E-state index contributed by atoms with van der Waals surface area (Å²) in [5.74, 6) is 0.586. The minimum atomic E-state index is -3.84. The van der Waals surface area contributed by atoms with Gasteiger partial charge >= 0.3 is 6.80 Å². The molecule has 0 aromatic rings. The van der Waals surface area contributed by atoms with E-state index in [0.29, 0.717) is 5.75 Å². The van der Waals surface area contributed by atoms with Crippen LogP contribution in [-0.2, 0) is 4.57 Å². The topological polar surface area (TPSA) is 57.5 Å². The van der Waals surface area contributed by atoms with E-state index in [2.05, 4.69) is 6.92 Å². The molecule has 0 atom stereocenters. The van der Waals surface area contributed by atoms with Gasteiger partial charge in [-0.15, -0.1) is 0 Å². The quantitative estimate of drug-likeness (QED) is 0.201. The molecule has 0 unspecified atom stereocenters. The highest BCUT2D eigenvalue weighted by molar-refractivity contribution is 8.54. The summed E-state index contributed by atoms with van der Waals surface area (Å²) in [4.78, 5) is 17.4.